The number of aliphatic hydroxyl groups is 2. The molecule has 10 heteroatoms. The van der Waals surface area contributed by atoms with Crippen molar-refractivity contribution in [2.75, 3.05) is 12.3 Å². The van der Waals surface area contributed by atoms with Crippen LogP contribution in [0.1, 0.15) is 16.6 Å². The monoisotopic (exact) mass is 308 g/mol. The summed E-state index contributed by atoms with van der Waals surface area (Å²) in [5.74, 6) is -0.630. The fourth-order valence-electron chi connectivity index (χ4n) is 2.64. The van der Waals surface area contributed by atoms with Gasteiger partial charge in [0.15, 0.2) is 6.23 Å². The van der Waals surface area contributed by atoms with E-state index in [0.29, 0.717) is 0 Å². The molecular formula is C12H16N6O4. The molecule has 0 aromatic carbocycles. The van der Waals surface area contributed by atoms with Crippen molar-refractivity contribution in [1.29, 1.82) is 0 Å². The fraction of sp³-hybridized carbons (Fsp3) is 0.417. The van der Waals surface area contributed by atoms with Gasteiger partial charge >= 0.3 is 0 Å². The number of nitrogen functional groups attached to an aromatic ring is 1. The van der Waals surface area contributed by atoms with E-state index in [1.165, 1.54) is 17.1 Å². The van der Waals surface area contributed by atoms with Gasteiger partial charge in [-0.25, -0.2) is 9.97 Å². The second-order valence-electron chi connectivity index (χ2n) is 5.05. The van der Waals surface area contributed by atoms with Crippen molar-refractivity contribution >= 4 is 22.8 Å². The van der Waals surface area contributed by atoms with Crippen molar-refractivity contribution in [3.63, 3.8) is 0 Å². The van der Waals surface area contributed by atoms with E-state index in [2.05, 4.69) is 9.97 Å². The zero-order chi connectivity index (χ0) is 16.0. The van der Waals surface area contributed by atoms with Crippen LogP contribution in [-0.4, -0.2) is 55.5 Å². The van der Waals surface area contributed by atoms with E-state index in [0.717, 1.165) is 0 Å². The van der Waals surface area contributed by atoms with Gasteiger partial charge in [0, 0.05) is 12.7 Å². The molecule has 4 atom stereocenters. The van der Waals surface area contributed by atoms with Crippen LogP contribution in [-0.2, 0) is 4.74 Å². The van der Waals surface area contributed by atoms with Crippen LogP contribution >= 0.6 is 0 Å². The number of nitrogens with two attached hydrogens (primary N) is 3. The molecule has 1 aliphatic rings. The highest BCUT2D eigenvalue weighted by atomic mass is 16.6. The average molecular weight is 308 g/mol. The van der Waals surface area contributed by atoms with E-state index in [9.17, 15) is 15.0 Å². The van der Waals surface area contributed by atoms with Gasteiger partial charge in [-0.2, -0.15) is 0 Å². The summed E-state index contributed by atoms with van der Waals surface area (Å²) in [6.07, 6.45) is -1.49. The van der Waals surface area contributed by atoms with E-state index in [1.54, 1.807) is 0 Å². The van der Waals surface area contributed by atoms with Gasteiger partial charge in [-0.15, -0.1) is 0 Å². The maximum Gasteiger partial charge on any atom is 0.251 e. The molecule has 3 rings (SSSR count). The smallest absolute Gasteiger partial charge is 0.251 e. The molecule has 118 valence electrons. The Balaban J connectivity index is 2.16. The first-order valence-corrected chi connectivity index (χ1v) is 6.58. The number of fused-ring (bicyclic) bond motifs is 1. The highest BCUT2D eigenvalue weighted by Crippen LogP contribution is 2.34. The van der Waals surface area contributed by atoms with Crippen molar-refractivity contribution in [1.82, 2.24) is 14.5 Å². The minimum Gasteiger partial charge on any atom is -0.387 e. The minimum atomic E-state index is -1.24. The van der Waals surface area contributed by atoms with E-state index in [4.69, 9.17) is 21.9 Å². The number of nitrogens with zero attached hydrogens (tertiary/aromatic N) is 3. The van der Waals surface area contributed by atoms with E-state index < -0.39 is 30.4 Å². The van der Waals surface area contributed by atoms with Crippen LogP contribution in [0.5, 0.6) is 0 Å². The van der Waals surface area contributed by atoms with Crippen LogP contribution in [0.15, 0.2) is 12.5 Å². The zero-order valence-electron chi connectivity index (χ0n) is 11.5. The number of carbonyl (C=O) groups excluding carboxylic acids is 1. The number of ether oxygens (including phenoxy) is 1. The lowest BCUT2D eigenvalue weighted by molar-refractivity contribution is -0.0319. The summed E-state index contributed by atoms with van der Waals surface area (Å²) in [5, 5.41) is 20.3. The molecule has 8 N–H and O–H groups in total. The van der Waals surface area contributed by atoms with Gasteiger partial charge in [-0.05, 0) is 0 Å². The highest BCUT2D eigenvalue weighted by Gasteiger charge is 2.43. The topological polar surface area (TPSA) is 176 Å². The predicted octanol–water partition coefficient (Wildman–Crippen LogP) is -2.31. The normalized spacial score (nSPS) is 28.3. The second-order valence-corrected chi connectivity index (χ2v) is 5.05. The third kappa shape index (κ3) is 2.01. The lowest BCUT2D eigenvalue weighted by atomic mass is 10.1. The number of primary amides is 1. The van der Waals surface area contributed by atoms with Crippen molar-refractivity contribution in [3.8, 4) is 0 Å². The highest BCUT2D eigenvalue weighted by molar-refractivity contribution is 6.08. The Kier molecular flexibility index (Phi) is 3.45. The molecule has 0 radical (unpaired) electrons. The Morgan fingerprint density at radius 1 is 1.36 bits per heavy atom. The summed E-state index contributed by atoms with van der Waals surface area (Å²) < 4.78 is 6.95. The maximum atomic E-state index is 11.6. The third-order valence-corrected chi connectivity index (χ3v) is 3.75. The number of rotatable bonds is 3. The van der Waals surface area contributed by atoms with E-state index in [1.807, 2.05) is 0 Å². The minimum absolute atomic E-state index is 0.0354. The Morgan fingerprint density at radius 2 is 2.09 bits per heavy atom. The first-order chi connectivity index (χ1) is 10.5. The van der Waals surface area contributed by atoms with E-state index in [-0.39, 0.29) is 29.0 Å². The molecule has 0 unspecified atom stereocenters. The quantitative estimate of drug-likeness (QED) is 0.420. The Bertz CT molecular complexity index is 732. The number of hydrogen-bond donors (Lipinski definition) is 5. The van der Waals surface area contributed by atoms with Crippen LogP contribution < -0.4 is 17.2 Å². The predicted molar refractivity (Wildman–Crippen MR) is 75.4 cm³/mol. The molecule has 0 bridgehead atoms. The molecular weight excluding hydrogens is 292 g/mol. The van der Waals surface area contributed by atoms with Gasteiger partial charge in [-0.3, -0.25) is 4.79 Å². The van der Waals surface area contributed by atoms with Crippen LogP contribution in [0.25, 0.3) is 11.0 Å². The zero-order valence-corrected chi connectivity index (χ0v) is 11.5. The number of aliphatic hydroxyl groups excluding tert-OH is 2. The van der Waals surface area contributed by atoms with Crippen LogP contribution in [0, 0.1) is 0 Å². The number of hydrogen-bond acceptors (Lipinski definition) is 8. The van der Waals surface area contributed by atoms with E-state index >= 15 is 0 Å². The molecule has 2 aromatic rings. The van der Waals surface area contributed by atoms with Crippen molar-refractivity contribution < 1.29 is 19.7 Å². The molecule has 1 fully saturated rings. The van der Waals surface area contributed by atoms with Crippen molar-refractivity contribution in [2.24, 2.45) is 11.5 Å². The summed E-state index contributed by atoms with van der Waals surface area (Å²) in [5.41, 5.74) is 17.0. The first kappa shape index (κ1) is 14.7. The largest absolute Gasteiger partial charge is 0.387 e. The number of amides is 1. The molecule has 1 amide bonds. The van der Waals surface area contributed by atoms with Gasteiger partial charge in [0.25, 0.3) is 5.91 Å². The van der Waals surface area contributed by atoms with Gasteiger partial charge in [0.05, 0.1) is 10.9 Å². The van der Waals surface area contributed by atoms with Crippen LogP contribution in [0.3, 0.4) is 0 Å². The molecule has 0 saturated carbocycles. The van der Waals surface area contributed by atoms with Crippen LogP contribution in [0.2, 0.25) is 0 Å². The lowest BCUT2D eigenvalue weighted by Gasteiger charge is -2.17. The first-order valence-electron chi connectivity index (χ1n) is 6.58. The Hall–Kier alpha value is -2.27. The summed E-state index contributed by atoms with van der Waals surface area (Å²) >= 11 is 0. The van der Waals surface area contributed by atoms with Crippen LogP contribution in [0.4, 0.5) is 5.82 Å². The standard InChI is InChI=1S/C12H16N6O4/c13-1-5-7(19)8(20)12(22-5)18-2-4(10(15)21)6-9(14)16-3-17-11(6)18/h2-3,5,7-8,12,19-20H,1,13H2,(H2,15,21)(H2,14,16,17)/t5-,7-,8-,12-/m1/s1. The van der Waals surface area contributed by atoms with Crippen molar-refractivity contribution in [2.45, 2.75) is 24.5 Å². The second kappa shape index (κ2) is 5.18. The van der Waals surface area contributed by atoms with Gasteiger partial charge in [0.2, 0.25) is 0 Å². The summed E-state index contributed by atoms with van der Waals surface area (Å²) in [7, 11) is 0. The third-order valence-electron chi connectivity index (χ3n) is 3.75. The molecule has 1 saturated heterocycles. The molecule has 3 heterocycles. The molecule has 2 aromatic heterocycles. The average Bonchev–Trinajstić information content (AvgIpc) is 3.00. The van der Waals surface area contributed by atoms with Gasteiger partial charge < -0.3 is 36.7 Å². The molecule has 1 aliphatic heterocycles. The summed E-state index contributed by atoms with van der Waals surface area (Å²) in [6, 6.07) is 0. The fourth-order valence-corrected chi connectivity index (χ4v) is 2.64. The van der Waals surface area contributed by atoms with Gasteiger partial charge in [-0.1, -0.05) is 0 Å². The Morgan fingerprint density at radius 3 is 2.68 bits per heavy atom. The Labute approximate surface area is 124 Å². The molecule has 22 heavy (non-hydrogen) atoms. The van der Waals surface area contributed by atoms with Crippen molar-refractivity contribution in [3.05, 3.63) is 18.1 Å². The number of carbonyl (C=O) groups is 1. The number of anilines is 1. The lowest BCUT2D eigenvalue weighted by Crippen LogP contribution is -2.35. The molecule has 10 nitrogen and oxygen atoms in total. The summed E-state index contributed by atoms with van der Waals surface area (Å²) in [4.78, 5) is 19.5. The van der Waals surface area contributed by atoms with Gasteiger partial charge in [0.1, 0.15) is 36.1 Å². The maximum absolute atomic E-state index is 11.6. The molecule has 0 aliphatic carbocycles. The molecule has 0 spiro atoms. The SMILES string of the molecule is NC[C@H]1O[C@@H](n2cc(C(N)=O)c3c(N)ncnc32)[C@H](O)[C@@H]1O. The number of aromatic nitrogens is 3. The summed E-state index contributed by atoms with van der Waals surface area (Å²) in [6.45, 7) is 0.0354.